The topological polar surface area (TPSA) is 38.1 Å². The van der Waals surface area contributed by atoms with Crippen LogP contribution in [0.4, 0.5) is 0 Å². The second kappa shape index (κ2) is 7.88. The van der Waals surface area contributed by atoms with Gasteiger partial charge in [-0.3, -0.25) is 9.36 Å². The molecule has 1 aromatic carbocycles. The van der Waals surface area contributed by atoms with Gasteiger partial charge in [-0.05, 0) is 37.3 Å². The van der Waals surface area contributed by atoms with E-state index in [-0.39, 0.29) is 5.91 Å². The molecular formula is C19H25N3OS. The van der Waals surface area contributed by atoms with Gasteiger partial charge in [0, 0.05) is 36.7 Å². The number of carbonyl (C=O) groups is 1. The molecule has 0 N–H and O–H groups in total. The molecule has 1 aromatic heterocycles. The van der Waals surface area contributed by atoms with Gasteiger partial charge in [-0.2, -0.15) is 0 Å². The average molecular weight is 343 g/mol. The van der Waals surface area contributed by atoms with Crippen molar-refractivity contribution in [3.8, 4) is 5.69 Å². The predicted molar refractivity (Wildman–Crippen MR) is 98.9 cm³/mol. The van der Waals surface area contributed by atoms with E-state index in [1.165, 1.54) is 25.7 Å². The molecule has 0 aliphatic heterocycles. The number of nitrogens with zero attached hydrogens (tertiary/aromatic N) is 3. The number of benzene rings is 1. The zero-order chi connectivity index (χ0) is 16.9. The Morgan fingerprint density at radius 2 is 2.00 bits per heavy atom. The van der Waals surface area contributed by atoms with Crippen LogP contribution in [0.5, 0.6) is 0 Å². The Balaban J connectivity index is 1.81. The molecule has 0 radical (unpaired) electrons. The highest BCUT2D eigenvalue weighted by Gasteiger charge is 2.22. The Kier molecular flexibility index (Phi) is 5.61. The van der Waals surface area contributed by atoms with Gasteiger partial charge < -0.3 is 4.90 Å². The lowest BCUT2D eigenvalue weighted by molar-refractivity contribution is 0.0717. The van der Waals surface area contributed by atoms with Gasteiger partial charge >= 0.3 is 0 Å². The van der Waals surface area contributed by atoms with Crippen LogP contribution in [0.3, 0.4) is 0 Å². The Labute approximate surface area is 148 Å². The zero-order valence-electron chi connectivity index (χ0n) is 14.4. The molecule has 0 unspecified atom stereocenters. The largest absolute Gasteiger partial charge is 0.339 e. The highest BCUT2D eigenvalue weighted by Crippen LogP contribution is 2.24. The van der Waals surface area contributed by atoms with Crippen LogP contribution in [0.2, 0.25) is 0 Å². The summed E-state index contributed by atoms with van der Waals surface area (Å²) in [5.41, 5.74) is 1.73. The maximum Gasteiger partial charge on any atom is 0.253 e. The third-order valence-electron chi connectivity index (χ3n) is 4.85. The van der Waals surface area contributed by atoms with E-state index in [1.807, 2.05) is 53.2 Å². The minimum Gasteiger partial charge on any atom is -0.339 e. The van der Waals surface area contributed by atoms with Gasteiger partial charge in [0.05, 0.1) is 0 Å². The van der Waals surface area contributed by atoms with Crippen molar-refractivity contribution in [2.45, 2.75) is 49.7 Å². The van der Waals surface area contributed by atoms with E-state index in [2.05, 4.69) is 4.98 Å². The molecular weight excluding hydrogens is 318 g/mol. The normalized spacial score (nSPS) is 15.9. The van der Waals surface area contributed by atoms with Crippen LogP contribution in [0.15, 0.2) is 41.8 Å². The summed E-state index contributed by atoms with van der Waals surface area (Å²) in [5, 5.41) is 0.928. The molecule has 0 bridgehead atoms. The van der Waals surface area contributed by atoms with Crippen molar-refractivity contribution in [3.63, 3.8) is 0 Å². The second-order valence-corrected chi connectivity index (χ2v) is 7.17. The summed E-state index contributed by atoms with van der Waals surface area (Å²) < 4.78 is 2.02. The fourth-order valence-corrected chi connectivity index (χ4v) is 3.97. The number of aromatic nitrogens is 2. The molecule has 0 atom stereocenters. The summed E-state index contributed by atoms with van der Waals surface area (Å²) in [6, 6.07) is 8.22. The van der Waals surface area contributed by atoms with Crippen LogP contribution in [0, 0.1) is 0 Å². The van der Waals surface area contributed by atoms with E-state index >= 15 is 0 Å². The fraction of sp³-hybridized carbons (Fsp3) is 0.474. The Morgan fingerprint density at radius 3 is 2.71 bits per heavy atom. The molecule has 0 spiro atoms. The van der Waals surface area contributed by atoms with Gasteiger partial charge in [-0.1, -0.05) is 43.5 Å². The SMILES string of the molecule is CSc1nccn1-c1cccc(C(=O)N(C)C2CCCCCC2)c1. The van der Waals surface area contributed by atoms with Crippen LogP contribution < -0.4 is 0 Å². The smallest absolute Gasteiger partial charge is 0.253 e. The minimum absolute atomic E-state index is 0.120. The minimum atomic E-state index is 0.120. The summed E-state index contributed by atoms with van der Waals surface area (Å²) >= 11 is 1.60. The van der Waals surface area contributed by atoms with E-state index < -0.39 is 0 Å². The number of hydrogen-bond donors (Lipinski definition) is 0. The van der Waals surface area contributed by atoms with E-state index in [0.717, 1.165) is 29.2 Å². The number of rotatable bonds is 4. The van der Waals surface area contributed by atoms with Crippen molar-refractivity contribution in [2.75, 3.05) is 13.3 Å². The molecule has 24 heavy (non-hydrogen) atoms. The van der Waals surface area contributed by atoms with E-state index in [1.54, 1.807) is 18.0 Å². The highest BCUT2D eigenvalue weighted by molar-refractivity contribution is 7.98. The summed E-state index contributed by atoms with van der Waals surface area (Å²) in [6.07, 6.45) is 13.0. The molecule has 5 heteroatoms. The summed E-state index contributed by atoms with van der Waals surface area (Å²) in [5.74, 6) is 0.120. The fourth-order valence-electron chi connectivity index (χ4n) is 3.44. The van der Waals surface area contributed by atoms with Crippen molar-refractivity contribution < 1.29 is 4.79 Å². The van der Waals surface area contributed by atoms with Crippen molar-refractivity contribution in [2.24, 2.45) is 0 Å². The van der Waals surface area contributed by atoms with Crippen LogP contribution in [0.25, 0.3) is 5.69 Å². The quantitative estimate of drug-likeness (QED) is 0.610. The predicted octanol–water partition coefficient (Wildman–Crippen LogP) is 4.39. The molecule has 1 fully saturated rings. The first-order valence-corrected chi connectivity index (χ1v) is 9.88. The molecule has 3 rings (SSSR count). The average Bonchev–Trinajstić information content (AvgIpc) is 2.94. The molecule has 4 nitrogen and oxygen atoms in total. The number of hydrogen-bond acceptors (Lipinski definition) is 3. The number of imidazole rings is 1. The van der Waals surface area contributed by atoms with Crippen LogP contribution in [-0.4, -0.2) is 39.7 Å². The molecule has 128 valence electrons. The lowest BCUT2D eigenvalue weighted by atomic mass is 10.1. The van der Waals surface area contributed by atoms with Crippen LogP contribution in [0.1, 0.15) is 48.9 Å². The van der Waals surface area contributed by atoms with Gasteiger partial charge in [-0.15, -0.1) is 0 Å². The van der Waals surface area contributed by atoms with Gasteiger partial charge in [0.1, 0.15) is 0 Å². The van der Waals surface area contributed by atoms with E-state index in [4.69, 9.17) is 0 Å². The summed E-state index contributed by atoms with van der Waals surface area (Å²) in [6.45, 7) is 0. The Bertz CT molecular complexity index is 689. The maximum absolute atomic E-state index is 12.9. The monoisotopic (exact) mass is 343 g/mol. The van der Waals surface area contributed by atoms with Crippen molar-refractivity contribution in [3.05, 3.63) is 42.2 Å². The lowest BCUT2D eigenvalue weighted by Gasteiger charge is -2.27. The van der Waals surface area contributed by atoms with Gasteiger partial charge in [-0.25, -0.2) is 4.98 Å². The van der Waals surface area contributed by atoms with Gasteiger partial charge in [0.15, 0.2) is 5.16 Å². The van der Waals surface area contributed by atoms with E-state index in [9.17, 15) is 4.79 Å². The van der Waals surface area contributed by atoms with Crippen LogP contribution in [-0.2, 0) is 0 Å². The van der Waals surface area contributed by atoms with Crippen molar-refractivity contribution in [1.82, 2.24) is 14.5 Å². The number of thioether (sulfide) groups is 1. The summed E-state index contributed by atoms with van der Waals surface area (Å²) in [4.78, 5) is 19.2. The van der Waals surface area contributed by atoms with Crippen LogP contribution >= 0.6 is 11.8 Å². The molecule has 0 saturated heterocycles. The lowest BCUT2D eigenvalue weighted by Crippen LogP contribution is -2.36. The first kappa shape index (κ1) is 17.1. The number of amides is 1. The molecule has 1 saturated carbocycles. The molecule has 1 aliphatic rings. The molecule has 1 heterocycles. The van der Waals surface area contributed by atoms with Gasteiger partial charge in [0.25, 0.3) is 5.91 Å². The second-order valence-electron chi connectivity index (χ2n) is 6.40. The molecule has 1 amide bonds. The Morgan fingerprint density at radius 1 is 1.25 bits per heavy atom. The highest BCUT2D eigenvalue weighted by atomic mass is 32.2. The standard InChI is InChI=1S/C19H25N3OS/c1-21(16-9-5-3-4-6-10-16)18(23)15-8-7-11-17(14-15)22-13-12-20-19(22)24-2/h7-8,11-14,16H,3-6,9-10H2,1-2H3. The first-order valence-electron chi connectivity index (χ1n) is 8.65. The van der Waals surface area contributed by atoms with E-state index in [0.29, 0.717) is 6.04 Å². The van der Waals surface area contributed by atoms with Gasteiger partial charge in [0.2, 0.25) is 0 Å². The third kappa shape index (κ3) is 3.66. The Hall–Kier alpha value is -1.75. The summed E-state index contributed by atoms with van der Waals surface area (Å²) in [7, 11) is 1.95. The molecule has 2 aromatic rings. The number of carbonyl (C=O) groups excluding carboxylic acids is 1. The first-order chi connectivity index (χ1) is 11.7. The molecule has 1 aliphatic carbocycles. The van der Waals surface area contributed by atoms with Crippen molar-refractivity contribution in [1.29, 1.82) is 0 Å². The zero-order valence-corrected chi connectivity index (χ0v) is 15.3. The van der Waals surface area contributed by atoms with Crippen molar-refractivity contribution >= 4 is 17.7 Å². The maximum atomic E-state index is 12.9. The third-order valence-corrected chi connectivity index (χ3v) is 5.52.